The standard InChI is InChI=1S/C11H11FN4O3/c1-2-10-14-15-11(19-10)6-13-7-3-4-8(12)9(5-7)16(17)18/h3-5,13H,2,6H2,1H3. The summed E-state index contributed by atoms with van der Waals surface area (Å²) in [6.45, 7) is 2.10. The van der Waals surface area contributed by atoms with Crippen LogP contribution in [-0.2, 0) is 13.0 Å². The number of rotatable bonds is 5. The Morgan fingerprint density at radius 3 is 2.79 bits per heavy atom. The maximum Gasteiger partial charge on any atom is 0.306 e. The molecule has 1 N–H and O–H groups in total. The average molecular weight is 266 g/mol. The molecule has 19 heavy (non-hydrogen) atoms. The lowest BCUT2D eigenvalue weighted by atomic mass is 10.2. The van der Waals surface area contributed by atoms with Gasteiger partial charge in [0.05, 0.1) is 11.5 Å². The number of nitrogens with zero attached hydrogens (tertiary/aromatic N) is 3. The van der Waals surface area contributed by atoms with Gasteiger partial charge < -0.3 is 9.73 Å². The number of nitro benzene ring substituents is 1. The largest absolute Gasteiger partial charge is 0.423 e. The summed E-state index contributed by atoms with van der Waals surface area (Å²) in [5.41, 5.74) is -0.172. The zero-order valence-corrected chi connectivity index (χ0v) is 10.1. The van der Waals surface area contributed by atoms with Gasteiger partial charge in [-0.3, -0.25) is 10.1 Å². The van der Waals surface area contributed by atoms with Crippen molar-refractivity contribution < 1.29 is 13.7 Å². The minimum absolute atomic E-state index is 0.218. The lowest BCUT2D eigenvalue weighted by molar-refractivity contribution is -0.387. The van der Waals surface area contributed by atoms with Crippen LogP contribution in [0.2, 0.25) is 0 Å². The van der Waals surface area contributed by atoms with Gasteiger partial charge in [0.25, 0.3) is 0 Å². The Labute approximate surface area is 107 Å². The van der Waals surface area contributed by atoms with Gasteiger partial charge in [0, 0.05) is 18.2 Å². The molecule has 0 aliphatic carbocycles. The van der Waals surface area contributed by atoms with Crippen LogP contribution >= 0.6 is 0 Å². The molecule has 8 heteroatoms. The first kappa shape index (κ1) is 12.9. The molecule has 0 saturated carbocycles. The number of hydrogen-bond acceptors (Lipinski definition) is 6. The zero-order chi connectivity index (χ0) is 13.8. The van der Waals surface area contributed by atoms with Crippen LogP contribution in [0, 0.1) is 15.9 Å². The Balaban J connectivity index is 2.07. The molecule has 1 heterocycles. The lowest BCUT2D eigenvalue weighted by Crippen LogP contribution is -2.01. The molecule has 0 saturated heterocycles. The van der Waals surface area contributed by atoms with Gasteiger partial charge in [0.15, 0.2) is 0 Å². The number of hydrogen-bond donors (Lipinski definition) is 1. The van der Waals surface area contributed by atoms with E-state index in [0.29, 0.717) is 23.9 Å². The summed E-state index contributed by atoms with van der Waals surface area (Å²) in [7, 11) is 0. The van der Waals surface area contributed by atoms with Crippen LogP contribution < -0.4 is 5.32 Å². The summed E-state index contributed by atoms with van der Waals surface area (Å²) in [6.07, 6.45) is 0.634. The predicted molar refractivity (Wildman–Crippen MR) is 64.1 cm³/mol. The van der Waals surface area contributed by atoms with Crippen LogP contribution in [0.5, 0.6) is 0 Å². The van der Waals surface area contributed by atoms with Gasteiger partial charge in [-0.2, -0.15) is 4.39 Å². The fourth-order valence-corrected chi connectivity index (χ4v) is 1.44. The van der Waals surface area contributed by atoms with Gasteiger partial charge in [-0.15, -0.1) is 10.2 Å². The van der Waals surface area contributed by atoms with E-state index in [0.717, 1.165) is 12.1 Å². The van der Waals surface area contributed by atoms with E-state index in [2.05, 4.69) is 15.5 Å². The first-order valence-corrected chi connectivity index (χ1v) is 5.59. The second-order valence-corrected chi connectivity index (χ2v) is 3.72. The first-order chi connectivity index (χ1) is 9.10. The molecule has 0 fully saturated rings. The van der Waals surface area contributed by atoms with E-state index in [4.69, 9.17) is 4.42 Å². The number of aryl methyl sites for hydroxylation is 1. The number of nitro groups is 1. The molecule has 0 aliphatic heterocycles. The molecule has 0 bridgehead atoms. The second kappa shape index (κ2) is 5.42. The Morgan fingerprint density at radius 1 is 1.42 bits per heavy atom. The zero-order valence-electron chi connectivity index (χ0n) is 10.1. The van der Waals surface area contributed by atoms with Gasteiger partial charge >= 0.3 is 5.69 Å². The monoisotopic (exact) mass is 266 g/mol. The van der Waals surface area contributed by atoms with E-state index in [1.807, 2.05) is 6.92 Å². The van der Waals surface area contributed by atoms with E-state index in [-0.39, 0.29) is 6.54 Å². The van der Waals surface area contributed by atoms with Crippen LogP contribution in [-0.4, -0.2) is 15.1 Å². The van der Waals surface area contributed by atoms with Crippen molar-refractivity contribution in [2.45, 2.75) is 19.9 Å². The van der Waals surface area contributed by atoms with Crippen molar-refractivity contribution in [1.82, 2.24) is 10.2 Å². The van der Waals surface area contributed by atoms with Crippen LogP contribution in [0.3, 0.4) is 0 Å². The Hall–Kier alpha value is -2.51. The van der Waals surface area contributed by atoms with Crippen LogP contribution in [0.4, 0.5) is 15.8 Å². The number of nitrogens with one attached hydrogen (secondary N) is 1. The number of benzene rings is 1. The molecule has 1 aromatic heterocycles. The summed E-state index contributed by atoms with van der Waals surface area (Å²) in [5.74, 6) is 0.00678. The molecular formula is C11H11FN4O3. The highest BCUT2D eigenvalue weighted by Gasteiger charge is 2.14. The number of aromatic nitrogens is 2. The fourth-order valence-electron chi connectivity index (χ4n) is 1.44. The van der Waals surface area contributed by atoms with Gasteiger partial charge in [-0.05, 0) is 12.1 Å². The van der Waals surface area contributed by atoms with Gasteiger partial charge in [-0.25, -0.2) is 0 Å². The number of anilines is 1. The van der Waals surface area contributed by atoms with Crippen molar-refractivity contribution in [1.29, 1.82) is 0 Å². The Bertz CT molecular complexity index is 599. The van der Waals surface area contributed by atoms with Crippen molar-refractivity contribution in [3.63, 3.8) is 0 Å². The third kappa shape index (κ3) is 3.03. The fraction of sp³-hybridized carbons (Fsp3) is 0.273. The van der Waals surface area contributed by atoms with Crippen molar-refractivity contribution in [2.75, 3.05) is 5.32 Å². The quantitative estimate of drug-likeness (QED) is 0.659. The molecule has 7 nitrogen and oxygen atoms in total. The smallest absolute Gasteiger partial charge is 0.306 e. The van der Waals surface area contributed by atoms with E-state index in [9.17, 15) is 14.5 Å². The van der Waals surface area contributed by atoms with Crippen molar-refractivity contribution in [3.8, 4) is 0 Å². The minimum Gasteiger partial charge on any atom is -0.423 e. The molecule has 0 amide bonds. The molecule has 0 unspecified atom stereocenters. The molecular weight excluding hydrogens is 255 g/mol. The van der Waals surface area contributed by atoms with E-state index in [1.165, 1.54) is 6.07 Å². The third-order valence-electron chi connectivity index (χ3n) is 2.40. The topological polar surface area (TPSA) is 94.1 Å². The first-order valence-electron chi connectivity index (χ1n) is 5.59. The van der Waals surface area contributed by atoms with Crippen molar-refractivity contribution in [2.24, 2.45) is 0 Å². The SMILES string of the molecule is CCc1nnc(CNc2ccc(F)c([N+](=O)[O-])c2)o1. The van der Waals surface area contributed by atoms with E-state index < -0.39 is 16.4 Å². The van der Waals surface area contributed by atoms with Gasteiger partial charge in [0.2, 0.25) is 17.6 Å². The predicted octanol–water partition coefficient (Wildman–Crippen LogP) is 2.29. The summed E-state index contributed by atoms with van der Waals surface area (Å²) in [4.78, 5) is 9.81. The normalized spacial score (nSPS) is 10.4. The minimum atomic E-state index is -0.874. The van der Waals surface area contributed by atoms with Crippen LogP contribution in [0.25, 0.3) is 0 Å². The Morgan fingerprint density at radius 2 is 2.16 bits per heavy atom. The highest BCUT2D eigenvalue weighted by atomic mass is 19.1. The summed E-state index contributed by atoms with van der Waals surface area (Å²) in [6, 6.07) is 3.55. The third-order valence-corrected chi connectivity index (χ3v) is 2.40. The summed E-state index contributed by atoms with van der Waals surface area (Å²) in [5, 5.41) is 21.0. The highest BCUT2D eigenvalue weighted by molar-refractivity contribution is 5.51. The number of halogens is 1. The Kier molecular flexibility index (Phi) is 3.69. The van der Waals surface area contributed by atoms with Crippen molar-refractivity contribution >= 4 is 11.4 Å². The summed E-state index contributed by atoms with van der Waals surface area (Å²) >= 11 is 0. The molecule has 1 aromatic carbocycles. The maximum atomic E-state index is 13.1. The summed E-state index contributed by atoms with van der Waals surface area (Å²) < 4.78 is 18.4. The second-order valence-electron chi connectivity index (χ2n) is 3.72. The highest BCUT2D eigenvalue weighted by Crippen LogP contribution is 2.21. The average Bonchev–Trinajstić information content (AvgIpc) is 2.85. The molecule has 100 valence electrons. The molecule has 0 aliphatic rings. The van der Waals surface area contributed by atoms with Crippen LogP contribution in [0.15, 0.2) is 22.6 Å². The molecule has 0 spiro atoms. The van der Waals surface area contributed by atoms with E-state index >= 15 is 0 Å². The van der Waals surface area contributed by atoms with Crippen molar-refractivity contribution in [3.05, 3.63) is 45.9 Å². The lowest BCUT2D eigenvalue weighted by Gasteiger charge is -2.03. The maximum absolute atomic E-state index is 13.1. The molecule has 0 radical (unpaired) electrons. The molecule has 2 rings (SSSR count). The molecule has 2 aromatic rings. The van der Waals surface area contributed by atoms with Gasteiger partial charge in [-0.1, -0.05) is 6.92 Å². The van der Waals surface area contributed by atoms with Crippen LogP contribution in [0.1, 0.15) is 18.7 Å². The van der Waals surface area contributed by atoms with E-state index in [1.54, 1.807) is 0 Å². The van der Waals surface area contributed by atoms with Gasteiger partial charge in [0.1, 0.15) is 0 Å². The molecule has 0 atom stereocenters.